The Bertz CT molecular complexity index is 827. The average molecular weight is 343 g/mol. The van der Waals surface area contributed by atoms with Gasteiger partial charge in [0.2, 0.25) is 5.91 Å². The number of hydrogen-bond acceptors (Lipinski definition) is 4. The van der Waals surface area contributed by atoms with Crippen molar-refractivity contribution >= 4 is 29.0 Å². The first kappa shape index (κ1) is 17.5. The van der Waals surface area contributed by atoms with Gasteiger partial charge in [-0.05, 0) is 30.7 Å². The lowest BCUT2D eigenvalue weighted by Gasteiger charge is -2.12. The van der Waals surface area contributed by atoms with Gasteiger partial charge in [0.05, 0.1) is 23.9 Å². The number of rotatable bonds is 5. The molecular formula is C18H15ClN2O3. The number of halogens is 1. The van der Waals surface area contributed by atoms with Gasteiger partial charge in [0.25, 0.3) is 0 Å². The van der Waals surface area contributed by atoms with Crippen LogP contribution in [0.25, 0.3) is 0 Å². The number of amides is 1. The number of nitrogens with one attached hydrogen (secondary N) is 1. The highest BCUT2D eigenvalue weighted by molar-refractivity contribution is 6.34. The van der Waals surface area contributed by atoms with Crippen LogP contribution in [0, 0.1) is 24.2 Å². The van der Waals surface area contributed by atoms with E-state index in [4.69, 9.17) is 16.3 Å². The average Bonchev–Trinajstić information content (AvgIpc) is 2.58. The highest BCUT2D eigenvalue weighted by atomic mass is 35.5. The predicted molar refractivity (Wildman–Crippen MR) is 91.2 cm³/mol. The number of benzene rings is 2. The first-order valence-electron chi connectivity index (χ1n) is 7.11. The second-order valence-electron chi connectivity index (χ2n) is 5.08. The lowest BCUT2D eigenvalue weighted by atomic mass is 9.97. The second kappa shape index (κ2) is 7.62. The molecule has 0 aliphatic rings. The van der Waals surface area contributed by atoms with Crippen LogP contribution in [0.3, 0.4) is 0 Å². The standard InChI is InChI=1S/C18H15ClN2O3/c1-11-7-8-12(9-16(11)24-2)17(22)13(10-20)18(23)21-15-6-4-3-5-14(15)19/h3-9,13H,1-2H3,(H,21,23)/t13-/m1/s1. The number of carbonyl (C=O) groups excluding carboxylic acids is 2. The van der Waals surface area contributed by atoms with Crippen molar-refractivity contribution in [3.8, 4) is 11.8 Å². The van der Waals surface area contributed by atoms with Gasteiger partial charge in [-0.2, -0.15) is 5.26 Å². The fourth-order valence-corrected chi connectivity index (χ4v) is 2.33. The molecule has 0 saturated heterocycles. The number of para-hydroxylation sites is 1. The molecule has 0 heterocycles. The summed E-state index contributed by atoms with van der Waals surface area (Å²) in [5.74, 6) is -2.28. The zero-order valence-electron chi connectivity index (χ0n) is 13.2. The van der Waals surface area contributed by atoms with Crippen molar-refractivity contribution in [1.82, 2.24) is 0 Å². The summed E-state index contributed by atoms with van der Waals surface area (Å²) < 4.78 is 5.17. The third-order valence-corrected chi connectivity index (χ3v) is 3.81. The highest BCUT2D eigenvalue weighted by Crippen LogP contribution is 2.23. The van der Waals surface area contributed by atoms with Gasteiger partial charge < -0.3 is 10.1 Å². The van der Waals surface area contributed by atoms with Crippen LogP contribution in [-0.2, 0) is 4.79 Å². The molecule has 0 fully saturated rings. The van der Waals surface area contributed by atoms with Gasteiger partial charge in [0, 0.05) is 5.56 Å². The fourth-order valence-electron chi connectivity index (χ4n) is 2.14. The van der Waals surface area contributed by atoms with Crippen molar-refractivity contribution in [2.24, 2.45) is 5.92 Å². The van der Waals surface area contributed by atoms with Gasteiger partial charge in [0.15, 0.2) is 11.7 Å². The van der Waals surface area contributed by atoms with E-state index < -0.39 is 17.6 Å². The summed E-state index contributed by atoms with van der Waals surface area (Å²) in [5.41, 5.74) is 1.43. The molecule has 2 rings (SSSR count). The van der Waals surface area contributed by atoms with Crippen LogP contribution in [0.15, 0.2) is 42.5 Å². The molecule has 0 aromatic heterocycles. The van der Waals surface area contributed by atoms with Gasteiger partial charge >= 0.3 is 0 Å². The Labute approximate surface area is 144 Å². The summed E-state index contributed by atoms with van der Waals surface area (Å²) in [4.78, 5) is 24.8. The van der Waals surface area contributed by atoms with Crippen molar-refractivity contribution < 1.29 is 14.3 Å². The summed E-state index contributed by atoms with van der Waals surface area (Å²) in [5, 5.41) is 12.1. The third-order valence-electron chi connectivity index (χ3n) is 3.48. The zero-order chi connectivity index (χ0) is 17.7. The van der Waals surface area contributed by atoms with E-state index >= 15 is 0 Å². The van der Waals surface area contributed by atoms with Crippen LogP contribution >= 0.6 is 11.6 Å². The quantitative estimate of drug-likeness (QED) is 0.664. The Kier molecular flexibility index (Phi) is 5.56. The Morgan fingerprint density at radius 3 is 2.58 bits per heavy atom. The number of aryl methyl sites for hydroxylation is 1. The van der Waals surface area contributed by atoms with Gasteiger partial charge in [-0.3, -0.25) is 9.59 Å². The van der Waals surface area contributed by atoms with Gasteiger partial charge in [0.1, 0.15) is 5.75 Å². The van der Waals surface area contributed by atoms with Crippen molar-refractivity contribution in [1.29, 1.82) is 5.26 Å². The summed E-state index contributed by atoms with van der Waals surface area (Å²) in [6, 6.07) is 13.1. The van der Waals surface area contributed by atoms with E-state index in [0.717, 1.165) is 5.56 Å². The predicted octanol–water partition coefficient (Wildman–Crippen LogP) is 3.62. The Morgan fingerprint density at radius 1 is 1.25 bits per heavy atom. The molecule has 2 aromatic carbocycles. The number of nitriles is 1. The molecule has 1 atom stereocenters. The number of nitrogens with zero attached hydrogens (tertiary/aromatic N) is 1. The van der Waals surface area contributed by atoms with E-state index in [9.17, 15) is 14.9 Å². The van der Waals surface area contributed by atoms with Crippen LogP contribution < -0.4 is 10.1 Å². The maximum Gasteiger partial charge on any atom is 0.249 e. The van der Waals surface area contributed by atoms with Crippen molar-refractivity contribution in [2.75, 3.05) is 12.4 Å². The molecule has 1 amide bonds. The van der Waals surface area contributed by atoms with Gasteiger partial charge in [-0.15, -0.1) is 0 Å². The number of Topliss-reactive ketones (excluding diaryl/α,β-unsaturated/α-hetero) is 1. The molecule has 1 N–H and O–H groups in total. The Hall–Kier alpha value is -2.84. The number of carbonyl (C=O) groups is 2. The smallest absolute Gasteiger partial charge is 0.249 e. The summed E-state index contributed by atoms with van der Waals surface area (Å²) in [6.45, 7) is 1.83. The number of hydrogen-bond donors (Lipinski definition) is 1. The number of anilines is 1. The molecular weight excluding hydrogens is 328 g/mol. The zero-order valence-corrected chi connectivity index (χ0v) is 13.9. The second-order valence-corrected chi connectivity index (χ2v) is 5.49. The van der Waals surface area contributed by atoms with E-state index in [2.05, 4.69) is 5.32 Å². The largest absolute Gasteiger partial charge is 0.496 e. The van der Waals surface area contributed by atoms with Crippen LogP contribution in [0.2, 0.25) is 5.02 Å². The van der Waals surface area contributed by atoms with Crippen molar-refractivity contribution in [3.63, 3.8) is 0 Å². The molecule has 6 heteroatoms. The van der Waals surface area contributed by atoms with Crippen molar-refractivity contribution in [2.45, 2.75) is 6.92 Å². The first-order chi connectivity index (χ1) is 11.5. The maximum absolute atomic E-state index is 12.5. The first-order valence-corrected chi connectivity index (χ1v) is 7.49. The van der Waals surface area contributed by atoms with Gasteiger partial charge in [-0.25, -0.2) is 0 Å². The molecule has 0 radical (unpaired) electrons. The lowest BCUT2D eigenvalue weighted by molar-refractivity contribution is -0.117. The molecule has 0 aliphatic heterocycles. The van der Waals surface area contributed by atoms with Gasteiger partial charge in [-0.1, -0.05) is 35.9 Å². The van der Waals surface area contributed by atoms with E-state index in [-0.39, 0.29) is 5.56 Å². The molecule has 0 saturated carbocycles. The Balaban J connectivity index is 2.24. The van der Waals surface area contributed by atoms with Crippen molar-refractivity contribution in [3.05, 3.63) is 58.6 Å². The molecule has 0 bridgehead atoms. The number of methoxy groups -OCH3 is 1. The highest BCUT2D eigenvalue weighted by Gasteiger charge is 2.28. The Morgan fingerprint density at radius 2 is 1.96 bits per heavy atom. The minimum absolute atomic E-state index is 0.235. The molecule has 122 valence electrons. The minimum Gasteiger partial charge on any atom is -0.496 e. The normalized spacial score (nSPS) is 11.2. The van der Waals surface area contributed by atoms with E-state index in [0.29, 0.717) is 16.5 Å². The van der Waals surface area contributed by atoms with Crippen LogP contribution in [-0.4, -0.2) is 18.8 Å². The molecule has 2 aromatic rings. The molecule has 0 spiro atoms. The molecule has 0 aliphatic carbocycles. The fraction of sp³-hybridized carbons (Fsp3) is 0.167. The maximum atomic E-state index is 12.5. The van der Waals surface area contributed by atoms with E-state index in [1.807, 2.05) is 6.92 Å². The van der Waals surface area contributed by atoms with Crippen LogP contribution in [0.5, 0.6) is 5.75 Å². The monoisotopic (exact) mass is 342 g/mol. The summed E-state index contributed by atoms with van der Waals surface area (Å²) >= 11 is 5.97. The minimum atomic E-state index is -1.48. The molecule has 0 unspecified atom stereocenters. The van der Waals surface area contributed by atoms with E-state index in [1.54, 1.807) is 42.5 Å². The molecule has 5 nitrogen and oxygen atoms in total. The topological polar surface area (TPSA) is 79.2 Å². The molecule has 24 heavy (non-hydrogen) atoms. The third kappa shape index (κ3) is 3.73. The van der Waals surface area contributed by atoms with E-state index in [1.165, 1.54) is 13.2 Å². The number of ether oxygens (including phenoxy) is 1. The SMILES string of the molecule is COc1cc(C(=O)[C@@H](C#N)C(=O)Nc2ccccc2Cl)ccc1C. The summed E-state index contributed by atoms with van der Waals surface area (Å²) in [6.07, 6.45) is 0. The number of ketones is 1. The van der Waals surface area contributed by atoms with Crippen LogP contribution in [0.4, 0.5) is 5.69 Å². The van der Waals surface area contributed by atoms with Crippen LogP contribution in [0.1, 0.15) is 15.9 Å². The lowest BCUT2D eigenvalue weighted by Crippen LogP contribution is -2.28. The summed E-state index contributed by atoms with van der Waals surface area (Å²) in [7, 11) is 1.49.